The summed E-state index contributed by atoms with van der Waals surface area (Å²) in [5.41, 5.74) is 0. The number of amides is 1. The minimum atomic E-state index is 0.355. The van der Waals surface area contributed by atoms with Crippen LogP contribution in [0.5, 0.6) is 0 Å². The van der Waals surface area contributed by atoms with Crippen molar-refractivity contribution in [1.29, 1.82) is 0 Å². The molecule has 1 amide bonds. The van der Waals surface area contributed by atoms with Gasteiger partial charge in [-0.15, -0.1) is 0 Å². The maximum absolute atomic E-state index is 11.6. The zero-order valence-electron chi connectivity index (χ0n) is 9.12. The van der Waals surface area contributed by atoms with E-state index in [-0.39, 0.29) is 0 Å². The molecular weight excluding hydrogens is 176 g/mol. The molecule has 2 aliphatic rings. The lowest BCUT2D eigenvalue weighted by atomic mass is 10.1. The third kappa shape index (κ3) is 1.65. The Kier molecular flexibility index (Phi) is 2.77. The van der Waals surface area contributed by atoms with Gasteiger partial charge in [-0.1, -0.05) is 6.92 Å². The molecule has 3 unspecified atom stereocenters. The first-order valence-electron chi connectivity index (χ1n) is 5.78. The Morgan fingerprint density at radius 3 is 3.14 bits per heavy atom. The average molecular weight is 196 g/mol. The molecule has 80 valence electrons. The number of rotatable bonds is 3. The molecule has 0 aliphatic carbocycles. The van der Waals surface area contributed by atoms with Gasteiger partial charge < -0.3 is 10.2 Å². The van der Waals surface area contributed by atoms with Crippen LogP contribution in [0.2, 0.25) is 0 Å². The summed E-state index contributed by atoms with van der Waals surface area (Å²) < 4.78 is 0. The molecule has 2 fully saturated rings. The molecule has 0 bridgehead atoms. The van der Waals surface area contributed by atoms with Crippen molar-refractivity contribution in [3.8, 4) is 0 Å². The fraction of sp³-hybridized carbons (Fsp3) is 0.909. The van der Waals surface area contributed by atoms with Crippen LogP contribution in [0.1, 0.15) is 39.5 Å². The van der Waals surface area contributed by atoms with Crippen molar-refractivity contribution in [2.24, 2.45) is 0 Å². The molecule has 0 saturated carbocycles. The van der Waals surface area contributed by atoms with Gasteiger partial charge in [-0.05, 0) is 26.2 Å². The van der Waals surface area contributed by atoms with Gasteiger partial charge in [-0.25, -0.2) is 0 Å². The van der Waals surface area contributed by atoms with Crippen LogP contribution in [-0.2, 0) is 4.79 Å². The van der Waals surface area contributed by atoms with E-state index >= 15 is 0 Å². The highest BCUT2D eigenvalue weighted by Crippen LogP contribution is 2.29. The molecule has 0 radical (unpaired) electrons. The van der Waals surface area contributed by atoms with Crippen molar-refractivity contribution in [1.82, 2.24) is 10.2 Å². The van der Waals surface area contributed by atoms with Crippen LogP contribution in [-0.4, -0.2) is 35.5 Å². The van der Waals surface area contributed by atoms with Crippen molar-refractivity contribution in [3.63, 3.8) is 0 Å². The second kappa shape index (κ2) is 3.89. The van der Waals surface area contributed by atoms with Crippen molar-refractivity contribution >= 4 is 5.91 Å². The summed E-state index contributed by atoms with van der Waals surface area (Å²) >= 11 is 0. The summed E-state index contributed by atoms with van der Waals surface area (Å²) in [5, 5.41) is 3.57. The van der Waals surface area contributed by atoms with Crippen LogP contribution in [0.4, 0.5) is 0 Å². The van der Waals surface area contributed by atoms with Crippen LogP contribution in [0.15, 0.2) is 0 Å². The zero-order valence-corrected chi connectivity index (χ0v) is 9.12. The maximum atomic E-state index is 11.6. The van der Waals surface area contributed by atoms with Gasteiger partial charge in [0.1, 0.15) is 0 Å². The zero-order chi connectivity index (χ0) is 10.1. The molecule has 0 aromatic carbocycles. The van der Waals surface area contributed by atoms with E-state index in [2.05, 4.69) is 24.1 Å². The lowest BCUT2D eigenvalue weighted by molar-refractivity contribution is -0.127. The smallest absolute Gasteiger partial charge is 0.224 e. The monoisotopic (exact) mass is 196 g/mol. The Balaban J connectivity index is 1.97. The number of carbonyl (C=O) groups is 1. The number of fused-ring (bicyclic) bond motifs is 1. The molecule has 3 atom stereocenters. The topological polar surface area (TPSA) is 32.3 Å². The largest absolute Gasteiger partial charge is 0.338 e. The van der Waals surface area contributed by atoms with Gasteiger partial charge >= 0.3 is 0 Å². The highest BCUT2D eigenvalue weighted by molar-refractivity contribution is 5.80. The second-order valence-electron chi connectivity index (χ2n) is 4.58. The molecular formula is C11H20N2O. The Morgan fingerprint density at radius 2 is 2.43 bits per heavy atom. The van der Waals surface area contributed by atoms with Crippen LogP contribution >= 0.6 is 0 Å². The number of hydrogen-bond acceptors (Lipinski definition) is 2. The van der Waals surface area contributed by atoms with E-state index < -0.39 is 0 Å². The number of nitrogens with zero attached hydrogens (tertiary/aromatic N) is 1. The highest BCUT2D eigenvalue weighted by Gasteiger charge is 2.42. The quantitative estimate of drug-likeness (QED) is 0.734. The molecule has 2 rings (SSSR count). The van der Waals surface area contributed by atoms with Crippen molar-refractivity contribution in [2.75, 3.05) is 6.54 Å². The summed E-state index contributed by atoms with van der Waals surface area (Å²) in [6, 6.07) is 1.45. The van der Waals surface area contributed by atoms with Crippen molar-refractivity contribution in [2.45, 2.75) is 57.7 Å². The van der Waals surface area contributed by atoms with E-state index in [0.717, 1.165) is 19.4 Å². The molecule has 0 aromatic heterocycles. The predicted octanol–water partition coefficient (Wildman–Crippen LogP) is 1.14. The Bertz CT molecular complexity index is 229. The summed E-state index contributed by atoms with van der Waals surface area (Å²) in [4.78, 5) is 13.7. The van der Waals surface area contributed by atoms with Gasteiger partial charge in [0.05, 0.1) is 0 Å². The van der Waals surface area contributed by atoms with Crippen molar-refractivity contribution in [3.05, 3.63) is 0 Å². The standard InChI is InChI=1S/C11H20N2O/c1-3-8(2)12-9-7-11(14)13-6-4-5-10(9)13/h8-10,12H,3-7H2,1-2H3. The third-order valence-corrected chi connectivity index (χ3v) is 3.59. The van der Waals surface area contributed by atoms with E-state index in [4.69, 9.17) is 0 Å². The van der Waals surface area contributed by atoms with Gasteiger partial charge in [0.15, 0.2) is 0 Å². The molecule has 0 aromatic rings. The van der Waals surface area contributed by atoms with E-state index in [0.29, 0.717) is 24.0 Å². The van der Waals surface area contributed by atoms with Gasteiger partial charge in [0.25, 0.3) is 0 Å². The first-order chi connectivity index (χ1) is 6.72. The summed E-state index contributed by atoms with van der Waals surface area (Å²) in [6.45, 7) is 5.37. The average Bonchev–Trinajstić information content (AvgIpc) is 2.72. The van der Waals surface area contributed by atoms with Crippen LogP contribution < -0.4 is 5.32 Å². The molecule has 3 nitrogen and oxygen atoms in total. The fourth-order valence-electron chi connectivity index (χ4n) is 2.62. The van der Waals surface area contributed by atoms with Gasteiger partial charge in [0, 0.05) is 31.1 Å². The first kappa shape index (κ1) is 9.97. The number of nitrogens with one attached hydrogen (secondary N) is 1. The lowest BCUT2D eigenvalue weighted by Crippen LogP contribution is -2.43. The third-order valence-electron chi connectivity index (χ3n) is 3.59. The summed E-state index contributed by atoms with van der Waals surface area (Å²) in [6.07, 6.45) is 4.24. The van der Waals surface area contributed by atoms with Crippen molar-refractivity contribution < 1.29 is 4.79 Å². The fourth-order valence-corrected chi connectivity index (χ4v) is 2.62. The van der Waals surface area contributed by atoms with Crippen LogP contribution in [0.25, 0.3) is 0 Å². The predicted molar refractivity (Wildman–Crippen MR) is 56.0 cm³/mol. The Morgan fingerprint density at radius 1 is 1.64 bits per heavy atom. The molecule has 0 spiro atoms. The normalized spacial score (nSPS) is 33.6. The summed E-state index contributed by atoms with van der Waals surface area (Å²) in [5.74, 6) is 0.355. The summed E-state index contributed by atoms with van der Waals surface area (Å²) in [7, 11) is 0. The Hall–Kier alpha value is -0.570. The molecule has 2 saturated heterocycles. The number of carbonyl (C=O) groups excluding carboxylic acids is 1. The van der Waals surface area contributed by atoms with Gasteiger partial charge in [0.2, 0.25) is 5.91 Å². The number of hydrogen-bond donors (Lipinski definition) is 1. The van der Waals surface area contributed by atoms with E-state index in [1.54, 1.807) is 0 Å². The van der Waals surface area contributed by atoms with Crippen LogP contribution in [0.3, 0.4) is 0 Å². The van der Waals surface area contributed by atoms with Crippen LogP contribution in [0, 0.1) is 0 Å². The SMILES string of the molecule is CCC(C)NC1CC(=O)N2CCCC12. The van der Waals surface area contributed by atoms with Gasteiger partial charge in [-0.3, -0.25) is 4.79 Å². The van der Waals surface area contributed by atoms with E-state index in [1.807, 2.05) is 0 Å². The minimum absolute atomic E-state index is 0.355. The van der Waals surface area contributed by atoms with Gasteiger partial charge in [-0.2, -0.15) is 0 Å². The van der Waals surface area contributed by atoms with E-state index in [9.17, 15) is 4.79 Å². The molecule has 2 aliphatic heterocycles. The Labute approximate surface area is 85.8 Å². The minimum Gasteiger partial charge on any atom is -0.338 e. The first-order valence-corrected chi connectivity index (χ1v) is 5.78. The molecule has 14 heavy (non-hydrogen) atoms. The second-order valence-corrected chi connectivity index (χ2v) is 4.58. The molecule has 1 N–H and O–H groups in total. The highest BCUT2D eigenvalue weighted by atomic mass is 16.2. The molecule has 3 heteroatoms. The lowest BCUT2D eigenvalue weighted by Gasteiger charge is -2.23. The molecule has 2 heterocycles. The maximum Gasteiger partial charge on any atom is 0.224 e. The van der Waals surface area contributed by atoms with E-state index in [1.165, 1.54) is 12.8 Å².